The first-order valence-corrected chi connectivity index (χ1v) is 8.50. The molecule has 3 aromatic rings. The molecule has 0 aliphatic heterocycles. The summed E-state index contributed by atoms with van der Waals surface area (Å²) in [4.78, 5) is 11.5. The molecule has 0 bridgehead atoms. The van der Waals surface area contributed by atoms with Crippen LogP contribution in [0.15, 0.2) is 57.7 Å². The van der Waals surface area contributed by atoms with Gasteiger partial charge in [-0.05, 0) is 42.4 Å². The topological polar surface area (TPSA) is 54.3 Å². The number of rotatable bonds is 3. The molecule has 27 heavy (non-hydrogen) atoms. The van der Waals surface area contributed by atoms with Crippen LogP contribution in [0.1, 0.15) is 18.1 Å². The first-order valence-electron chi connectivity index (χ1n) is 8.09. The van der Waals surface area contributed by atoms with Gasteiger partial charge in [0.15, 0.2) is 5.11 Å². The van der Waals surface area contributed by atoms with E-state index in [2.05, 4.69) is 10.6 Å². The average Bonchev–Trinajstić information content (AvgIpc) is 2.60. The Kier molecular flexibility index (Phi) is 5.18. The summed E-state index contributed by atoms with van der Waals surface area (Å²) in [5, 5.41) is 6.02. The summed E-state index contributed by atoms with van der Waals surface area (Å²) in [6, 6.07) is 12.1. The number of hydrogen-bond acceptors (Lipinski definition) is 3. The number of nitrogens with one attached hydrogen (secondary N) is 2. The van der Waals surface area contributed by atoms with Gasteiger partial charge in [0, 0.05) is 28.9 Å². The van der Waals surface area contributed by atoms with Gasteiger partial charge in [-0.15, -0.1) is 0 Å². The Labute approximate surface area is 158 Å². The summed E-state index contributed by atoms with van der Waals surface area (Å²) < 4.78 is 44.2. The van der Waals surface area contributed by atoms with Gasteiger partial charge in [-0.3, -0.25) is 0 Å². The third-order valence-electron chi connectivity index (χ3n) is 3.95. The van der Waals surface area contributed by atoms with Crippen LogP contribution in [0.3, 0.4) is 0 Å². The highest BCUT2D eigenvalue weighted by atomic mass is 32.1. The van der Waals surface area contributed by atoms with Crippen LogP contribution in [0.2, 0.25) is 0 Å². The van der Waals surface area contributed by atoms with Crippen LogP contribution in [-0.2, 0) is 12.6 Å². The molecule has 140 valence electrons. The zero-order chi connectivity index (χ0) is 19.6. The van der Waals surface area contributed by atoms with Gasteiger partial charge < -0.3 is 15.1 Å². The van der Waals surface area contributed by atoms with E-state index in [1.165, 1.54) is 18.2 Å². The molecule has 0 saturated carbocycles. The van der Waals surface area contributed by atoms with Gasteiger partial charge in [0.05, 0.1) is 5.56 Å². The van der Waals surface area contributed by atoms with Crippen molar-refractivity contribution in [1.29, 1.82) is 0 Å². The van der Waals surface area contributed by atoms with Crippen molar-refractivity contribution in [2.75, 3.05) is 10.6 Å². The fourth-order valence-electron chi connectivity index (χ4n) is 2.71. The summed E-state index contributed by atoms with van der Waals surface area (Å²) in [6.07, 6.45) is -3.84. The number of halogens is 3. The molecule has 8 heteroatoms. The molecule has 0 aliphatic rings. The highest BCUT2D eigenvalue weighted by molar-refractivity contribution is 7.80. The molecule has 2 aromatic carbocycles. The second-order valence-electron chi connectivity index (χ2n) is 5.78. The summed E-state index contributed by atoms with van der Waals surface area (Å²) >= 11 is 5.26. The number of thiocarbonyl (C=S) groups is 1. The minimum atomic E-state index is -4.65. The van der Waals surface area contributed by atoms with Crippen LogP contribution in [0.4, 0.5) is 24.5 Å². The molecule has 1 aromatic heterocycles. The van der Waals surface area contributed by atoms with Gasteiger partial charge in [0.2, 0.25) is 0 Å². The van der Waals surface area contributed by atoms with E-state index in [4.69, 9.17) is 16.6 Å². The van der Waals surface area contributed by atoms with Crippen LogP contribution < -0.4 is 16.3 Å². The first-order chi connectivity index (χ1) is 12.8. The Bertz CT molecular complexity index is 1060. The van der Waals surface area contributed by atoms with E-state index >= 15 is 0 Å². The van der Waals surface area contributed by atoms with E-state index < -0.39 is 17.4 Å². The Morgan fingerprint density at radius 1 is 1.11 bits per heavy atom. The van der Waals surface area contributed by atoms with Crippen molar-refractivity contribution in [2.45, 2.75) is 19.5 Å². The monoisotopic (exact) mass is 392 g/mol. The zero-order valence-electron chi connectivity index (χ0n) is 14.2. The average molecular weight is 392 g/mol. The lowest BCUT2D eigenvalue weighted by atomic mass is 10.1. The number of benzene rings is 2. The SMILES string of the molecule is CCc1ccccc1NC(=S)Nc1ccc2c(C(F)(F)F)cc(=O)oc2c1. The Balaban J connectivity index is 1.87. The van der Waals surface area contributed by atoms with Crippen LogP contribution in [0, 0.1) is 0 Å². The van der Waals surface area contributed by atoms with Gasteiger partial charge in [0.1, 0.15) is 5.58 Å². The van der Waals surface area contributed by atoms with Crippen LogP contribution in [0.25, 0.3) is 11.0 Å². The zero-order valence-corrected chi connectivity index (χ0v) is 15.0. The molecule has 0 aliphatic carbocycles. The van der Waals surface area contributed by atoms with Crippen molar-refractivity contribution in [3.63, 3.8) is 0 Å². The molecule has 0 fully saturated rings. The predicted molar refractivity (Wildman–Crippen MR) is 103 cm³/mol. The molecule has 0 atom stereocenters. The number of para-hydroxylation sites is 1. The maximum absolute atomic E-state index is 13.1. The van der Waals surface area contributed by atoms with Crippen molar-refractivity contribution in [1.82, 2.24) is 0 Å². The van der Waals surface area contributed by atoms with Crippen molar-refractivity contribution in [3.8, 4) is 0 Å². The van der Waals surface area contributed by atoms with Gasteiger partial charge in [-0.1, -0.05) is 25.1 Å². The van der Waals surface area contributed by atoms with E-state index in [1.54, 1.807) is 0 Å². The van der Waals surface area contributed by atoms with Crippen LogP contribution in [-0.4, -0.2) is 5.11 Å². The highest BCUT2D eigenvalue weighted by Crippen LogP contribution is 2.34. The molecular formula is C19H15F3N2O2S. The summed E-state index contributed by atoms with van der Waals surface area (Å²) in [7, 11) is 0. The smallest absolute Gasteiger partial charge is 0.417 e. The Morgan fingerprint density at radius 2 is 1.85 bits per heavy atom. The molecule has 0 radical (unpaired) electrons. The third kappa shape index (κ3) is 4.28. The standard InChI is InChI=1S/C19H15F3N2O2S/c1-2-11-5-3-4-6-15(11)24-18(27)23-12-7-8-13-14(19(20,21)22)10-17(25)26-16(13)9-12/h3-10H,2H2,1H3,(H2,23,24,27). The minimum Gasteiger partial charge on any atom is -0.423 e. The quantitative estimate of drug-likeness (QED) is 0.475. The maximum atomic E-state index is 13.1. The number of hydrogen-bond donors (Lipinski definition) is 2. The largest absolute Gasteiger partial charge is 0.423 e. The summed E-state index contributed by atoms with van der Waals surface area (Å²) in [5.74, 6) is 0. The molecule has 0 unspecified atom stereocenters. The normalized spacial score (nSPS) is 11.4. The Morgan fingerprint density at radius 3 is 2.56 bits per heavy atom. The number of anilines is 2. The van der Waals surface area contributed by atoms with E-state index in [0.29, 0.717) is 11.8 Å². The number of alkyl halides is 3. The number of aryl methyl sites for hydroxylation is 1. The molecule has 3 rings (SSSR count). The van der Waals surface area contributed by atoms with Crippen LogP contribution >= 0.6 is 12.2 Å². The molecule has 2 N–H and O–H groups in total. The third-order valence-corrected chi connectivity index (χ3v) is 4.16. The summed E-state index contributed by atoms with van der Waals surface area (Å²) in [6.45, 7) is 2.01. The summed E-state index contributed by atoms with van der Waals surface area (Å²) in [5.41, 5.74) is 0.0422. The van der Waals surface area contributed by atoms with Gasteiger partial charge >= 0.3 is 11.8 Å². The predicted octanol–water partition coefficient (Wildman–Crippen LogP) is 5.18. The van der Waals surface area contributed by atoms with E-state index in [-0.39, 0.29) is 16.1 Å². The van der Waals surface area contributed by atoms with E-state index in [0.717, 1.165) is 17.7 Å². The van der Waals surface area contributed by atoms with Crippen LogP contribution in [0.5, 0.6) is 0 Å². The van der Waals surface area contributed by atoms with Gasteiger partial charge in [-0.25, -0.2) is 4.79 Å². The molecule has 0 amide bonds. The molecular weight excluding hydrogens is 377 g/mol. The van der Waals surface area contributed by atoms with E-state index in [9.17, 15) is 18.0 Å². The lowest BCUT2D eigenvalue weighted by molar-refractivity contribution is -0.136. The fourth-order valence-corrected chi connectivity index (χ4v) is 2.94. The van der Waals surface area contributed by atoms with Gasteiger partial charge in [0.25, 0.3) is 0 Å². The minimum absolute atomic E-state index is 0.170. The molecule has 0 spiro atoms. The van der Waals surface area contributed by atoms with Crippen molar-refractivity contribution in [2.24, 2.45) is 0 Å². The molecule has 4 nitrogen and oxygen atoms in total. The second-order valence-corrected chi connectivity index (χ2v) is 6.19. The van der Waals surface area contributed by atoms with Crippen molar-refractivity contribution in [3.05, 3.63) is 70.1 Å². The Hall–Kier alpha value is -2.87. The maximum Gasteiger partial charge on any atom is 0.417 e. The van der Waals surface area contributed by atoms with Crippen molar-refractivity contribution >= 4 is 39.7 Å². The highest BCUT2D eigenvalue weighted by Gasteiger charge is 2.33. The molecule has 0 saturated heterocycles. The lowest BCUT2D eigenvalue weighted by Crippen LogP contribution is -2.20. The fraction of sp³-hybridized carbons (Fsp3) is 0.158. The first kappa shape index (κ1) is 18.9. The van der Waals surface area contributed by atoms with Gasteiger partial charge in [-0.2, -0.15) is 13.2 Å². The second kappa shape index (κ2) is 7.40. The molecule has 1 heterocycles. The van der Waals surface area contributed by atoms with E-state index in [1.807, 2.05) is 31.2 Å². The van der Waals surface area contributed by atoms with Crippen molar-refractivity contribution < 1.29 is 17.6 Å². The lowest BCUT2D eigenvalue weighted by Gasteiger charge is -2.14. The number of fused-ring (bicyclic) bond motifs is 1.